The Kier molecular flexibility index (Phi) is 4.89. The Morgan fingerprint density at radius 1 is 1.38 bits per heavy atom. The number of aromatic nitrogens is 2. The number of imidazole rings is 1. The van der Waals surface area contributed by atoms with Crippen LogP contribution >= 0.6 is 0 Å². The molecule has 0 bridgehead atoms. The zero-order valence-corrected chi connectivity index (χ0v) is 14.5. The highest BCUT2D eigenvalue weighted by Gasteiger charge is 2.42. The number of likely N-dealkylation sites (tertiary alicyclic amines) is 2. The van der Waals surface area contributed by atoms with Crippen LogP contribution in [0.3, 0.4) is 0 Å². The molecular weight excluding hydrogens is 308 g/mol. The number of hydrogen-bond acceptors (Lipinski definition) is 4. The Labute approximate surface area is 142 Å². The van der Waals surface area contributed by atoms with Gasteiger partial charge in [-0.15, -0.1) is 0 Å². The zero-order chi connectivity index (χ0) is 17.2. The van der Waals surface area contributed by atoms with E-state index in [9.17, 15) is 9.59 Å². The second-order valence-corrected chi connectivity index (χ2v) is 7.06. The first kappa shape index (κ1) is 17.0. The van der Waals surface area contributed by atoms with E-state index < -0.39 is 0 Å². The van der Waals surface area contributed by atoms with Crippen molar-refractivity contribution >= 4 is 11.8 Å². The molecule has 2 aliphatic heterocycles. The minimum atomic E-state index is -0.00461. The predicted molar refractivity (Wildman–Crippen MR) is 88.5 cm³/mol. The second-order valence-electron chi connectivity index (χ2n) is 7.06. The van der Waals surface area contributed by atoms with Crippen LogP contribution in [-0.2, 0) is 16.6 Å². The molecule has 0 saturated carbocycles. The maximum absolute atomic E-state index is 12.7. The van der Waals surface area contributed by atoms with Crippen molar-refractivity contribution in [2.75, 3.05) is 39.9 Å². The monoisotopic (exact) mass is 334 g/mol. The normalized spacial score (nSPS) is 24.7. The molecule has 7 heteroatoms. The van der Waals surface area contributed by atoms with Crippen molar-refractivity contribution in [3.05, 3.63) is 18.2 Å². The van der Waals surface area contributed by atoms with Crippen LogP contribution in [0.15, 0.2) is 12.5 Å². The number of piperidine rings is 2. The second kappa shape index (κ2) is 6.93. The number of carbonyl (C=O) groups is 2. The lowest BCUT2D eigenvalue weighted by atomic mass is 9.73. The largest absolute Gasteiger partial charge is 0.383 e. The van der Waals surface area contributed by atoms with Gasteiger partial charge in [-0.3, -0.25) is 9.59 Å². The molecule has 24 heavy (non-hydrogen) atoms. The molecule has 2 fully saturated rings. The Balaban J connectivity index is 1.69. The molecule has 0 unspecified atom stereocenters. The molecule has 7 nitrogen and oxygen atoms in total. The summed E-state index contributed by atoms with van der Waals surface area (Å²) in [5, 5.41) is 0. The SMILES string of the molecule is COCCN1C[C@]2(CCCN(C(=O)c3cn(C)cn3)C2)CCC1=O. The van der Waals surface area contributed by atoms with Gasteiger partial charge in [-0.1, -0.05) is 0 Å². The lowest BCUT2D eigenvalue weighted by Crippen LogP contribution is -2.55. The lowest BCUT2D eigenvalue weighted by Gasteiger charge is -2.48. The average Bonchev–Trinajstić information content (AvgIpc) is 3.02. The van der Waals surface area contributed by atoms with Crippen LogP contribution < -0.4 is 0 Å². The maximum atomic E-state index is 12.7. The first-order valence-electron chi connectivity index (χ1n) is 8.57. The van der Waals surface area contributed by atoms with E-state index in [-0.39, 0.29) is 17.2 Å². The van der Waals surface area contributed by atoms with Gasteiger partial charge in [-0.2, -0.15) is 0 Å². The van der Waals surface area contributed by atoms with Crippen molar-refractivity contribution in [2.45, 2.75) is 25.7 Å². The third kappa shape index (κ3) is 3.45. The van der Waals surface area contributed by atoms with Gasteiger partial charge in [0.1, 0.15) is 5.69 Å². The molecule has 0 N–H and O–H groups in total. The zero-order valence-electron chi connectivity index (χ0n) is 14.5. The van der Waals surface area contributed by atoms with E-state index in [1.54, 1.807) is 24.2 Å². The summed E-state index contributed by atoms with van der Waals surface area (Å²) in [6, 6.07) is 0. The summed E-state index contributed by atoms with van der Waals surface area (Å²) in [7, 11) is 3.51. The smallest absolute Gasteiger partial charge is 0.274 e. The third-order valence-corrected chi connectivity index (χ3v) is 5.19. The Hall–Kier alpha value is -1.89. The number of ether oxygens (including phenoxy) is 1. The van der Waals surface area contributed by atoms with E-state index in [0.29, 0.717) is 31.8 Å². The topological polar surface area (TPSA) is 67.7 Å². The maximum Gasteiger partial charge on any atom is 0.274 e. The highest BCUT2D eigenvalue weighted by atomic mass is 16.5. The summed E-state index contributed by atoms with van der Waals surface area (Å²) in [6.45, 7) is 3.38. The van der Waals surface area contributed by atoms with Crippen LogP contribution in [0.25, 0.3) is 0 Å². The first-order chi connectivity index (χ1) is 11.5. The third-order valence-electron chi connectivity index (χ3n) is 5.19. The molecule has 3 heterocycles. The van der Waals surface area contributed by atoms with Gasteiger partial charge in [0.05, 0.1) is 12.9 Å². The van der Waals surface area contributed by atoms with Gasteiger partial charge in [0.2, 0.25) is 5.91 Å². The molecule has 1 aromatic heterocycles. The Morgan fingerprint density at radius 3 is 2.92 bits per heavy atom. The van der Waals surface area contributed by atoms with E-state index >= 15 is 0 Å². The van der Waals surface area contributed by atoms with Crippen LogP contribution in [0, 0.1) is 5.41 Å². The number of hydrogen-bond donors (Lipinski definition) is 0. The summed E-state index contributed by atoms with van der Waals surface area (Å²) in [4.78, 5) is 32.8. The summed E-state index contributed by atoms with van der Waals surface area (Å²) in [5.74, 6) is 0.195. The van der Waals surface area contributed by atoms with Crippen LogP contribution in [-0.4, -0.2) is 71.1 Å². The fraction of sp³-hybridized carbons (Fsp3) is 0.706. The van der Waals surface area contributed by atoms with Crippen molar-refractivity contribution in [1.82, 2.24) is 19.4 Å². The summed E-state index contributed by atoms with van der Waals surface area (Å²) in [6.07, 6.45) is 6.88. The number of aryl methyl sites for hydroxylation is 1. The predicted octanol–water partition coefficient (Wildman–Crippen LogP) is 0.911. The number of rotatable bonds is 4. The summed E-state index contributed by atoms with van der Waals surface area (Å²) < 4.78 is 6.91. The molecule has 0 aromatic carbocycles. The minimum absolute atomic E-state index is 0.00461. The van der Waals surface area contributed by atoms with E-state index in [2.05, 4.69) is 4.98 Å². The highest BCUT2D eigenvalue weighted by molar-refractivity contribution is 5.92. The van der Waals surface area contributed by atoms with Crippen molar-refractivity contribution in [3.63, 3.8) is 0 Å². The van der Waals surface area contributed by atoms with E-state index in [4.69, 9.17) is 4.74 Å². The van der Waals surface area contributed by atoms with Crippen molar-refractivity contribution < 1.29 is 14.3 Å². The van der Waals surface area contributed by atoms with Gasteiger partial charge in [0.15, 0.2) is 0 Å². The molecule has 0 aliphatic carbocycles. The van der Waals surface area contributed by atoms with Gasteiger partial charge in [-0.25, -0.2) is 4.98 Å². The van der Waals surface area contributed by atoms with Crippen molar-refractivity contribution in [3.8, 4) is 0 Å². The van der Waals surface area contributed by atoms with Crippen LogP contribution in [0.1, 0.15) is 36.2 Å². The fourth-order valence-corrected chi connectivity index (χ4v) is 3.91. The van der Waals surface area contributed by atoms with Crippen LogP contribution in [0.5, 0.6) is 0 Å². The van der Waals surface area contributed by atoms with Gasteiger partial charge >= 0.3 is 0 Å². The molecule has 1 spiro atoms. The molecule has 1 aromatic rings. The van der Waals surface area contributed by atoms with Gasteiger partial charge in [0.25, 0.3) is 5.91 Å². The van der Waals surface area contributed by atoms with Crippen LogP contribution in [0.2, 0.25) is 0 Å². The van der Waals surface area contributed by atoms with E-state index in [1.165, 1.54) is 0 Å². The van der Waals surface area contributed by atoms with Crippen molar-refractivity contribution in [2.24, 2.45) is 12.5 Å². The van der Waals surface area contributed by atoms with Gasteiger partial charge < -0.3 is 19.1 Å². The minimum Gasteiger partial charge on any atom is -0.383 e. The first-order valence-corrected chi connectivity index (χ1v) is 8.57. The lowest BCUT2D eigenvalue weighted by molar-refractivity contribution is -0.139. The molecular formula is C17H26N4O3. The molecule has 3 rings (SSSR count). The van der Waals surface area contributed by atoms with Crippen molar-refractivity contribution in [1.29, 1.82) is 0 Å². The summed E-state index contributed by atoms with van der Waals surface area (Å²) in [5.41, 5.74) is 0.516. The van der Waals surface area contributed by atoms with Gasteiger partial charge in [0, 0.05) is 58.4 Å². The molecule has 2 amide bonds. The standard InChI is InChI=1S/C17H26N4O3/c1-19-10-14(18-13-19)16(23)21-7-3-5-17(12-21)6-4-15(22)20(11-17)8-9-24-2/h10,13H,3-9,11-12H2,1-2H3/t17-/m0/s1. The Bertz CT molecular complexity index is 615. The molecule has 132 valence electrons. The number of amides is 2. The number of nitrogens with zero attached hydrogens (tertiary/aromatic N) is 4. The fourth-order valence-electron chi connectivity index (χ4n) is 3.91. The molecule has 1 atom stereocenters. The average molecular weight is 334 g/mol. The summed E-state index contributed by atoms with van der Waals surface area (Å²) >= 11 is 0. The van der Waals surface area contributed by atoms with Gasteiger partial charge in [-0.05, 0) is 19.3 Å². The molecule has 2 aliphatic rings. The molecule has 2 saturated heterocycles. The van der Waals surface area contributed by atoms with E-state index in [1.807, 2.05) is 16.8 Å². The van der Waals surface area contributed by atoms with Crippen LogP contribution in [0.4, 0.5) is 0 Å². The molecule has 0 radical (unpaired) electrons. The Morgan fingerprint density at radius 2 is 2.21 bits per heavy atom. The number of methoxy groups -OCH3 is 1. The quantitative estimate of drug-likeness (QED) is 0.821. The number of carbonyl (C=O) groups excluding carboxylic acids is 2. The highest BCUT2D eigenvalue weighted by Crippen LogP contribution is 2.39. The van der Waals surface area contributed by atoms with E-state index in [0.717, 1.165) is 32.4 Å².